The Labute approximate surface area is 131 Å². The topological polar surface area (TPSA) is 63.2 Å². The molecule has 0 saturated heterocycles. The van der Waals surface area contributed by atoms with Crippen molar-refractivity contribution in [2.45, 2.75) is 24.7 Å². The third-order valence-corrected chi connectivity index (χ3v) is 4.96. The minimum atomic E-state index is -3.57. The van der Waals surface area contributed by atoms with Crippen LogP contribution in [-0.2, 0) is 10.0 Å². The van der Waals surface area contributed by atoms with E-state index in [2.05, 4.69) is 4.72 Å². The molecular formula is C17H19NO3S. The van der Waals surface area contributed by atoms with Crippen LogP contribution < -0.4 is 4.72 Å². The Morgan fingerprint density at radius 3 is 2.18 bits per heavy atom. The summed E-state index contributed by atoms with van der Waals surface area (Å²) in [7, 11) is -3.57. The van der Waals surface area contributed by atoms with Crippen LogP contribution in [-0.4, -0.2) is 20.7 Å². The molecule has 0 spiro atoms. The summed E-state index contributed by atoms with van der Waals surface area (Å²) < 4.78 is 27.1. The summed E-state index contributed by atoms with van der Waals surface area (Å²) in [6, 6.07) is 15.7. The predicted octanol–water partition coefficient (Wildman–Crippen LogP) is 2.97. The first-order valence-electron chi connectivity index (χ1n) is 7.06. The van der Waals surface area contributed by atoms with E-state index in [4.69, 9.17) is 0 Å². The highest BCUT2D eigenvalue weighted by atomic mass is 32.2. The number of rotatable bonds is 6. The summed E-state index contributed by atoms with van der Waals surface area (Å²) in [5.74, 6) is -0.0120. The van der Waals surface area contributed by atoms with Gasteiger partial charge in [0, 0.05) is 12.1 Å². The van der Waals surface area contributed by atoms with Gasteiger partial charge in [-0.1, -0.05) is 49.4 Å². The Balaban J connectivity index is 2.06. The van der Waals surface area contributed by atoms with Gasteiger partial charge in [0.2, 0.25) is 10.0 Å². The minimum Gasteiger partial charge on any atom is -0.295 e. The van der Waals surface area contributed by atoms with Crippen LogP contribution in [0.25, 0.3) is 0 Å². The first kappa shape index (κ1) is 16.4. The van der Waals surface area contributed by atoms with Gasteiger partial charge in [-0.15, -0.1) is 0 Å². The molecule has 0 aliphatic heterocycles. The zero-order valence-electron chi connectivity index (χ0n) is 12.6. The maximum Gasteiger partial charge on any atom is 0.240 e. The Hall–Kier alpha value is -1.98. The molecule has 0 fully saturated rings. The van der Waals surface area contributed by atoms with Gasteiger partial charge in [0.25, 0.3) is 0 Å². The van der Waals surface area contributed by atoms with Gasteiger partial charge in [0.05, 0.1) is 4.90 Å². The van der Waals surface area contributed by atoms with Gasteiger partial charge >= 0.3 is 0 Å². The maximum absolute atomic E-state index is 12.3. The Morgan fingerprint density at radius 2 is 1.64 bits per heavy atom. The van der Waals surface area contributed by atoms with Crippen LogP contribution in [0, 0.1) is 0 Å². The Morgan fingerprint density at radius 1 is 1.05 bits per heavy atom. The molecule has 0 saturated carbocycles. The first-order valence-corrected chi connectivity index (χ1v) is 8.54. The lowest BCUT2D eigenvalue weighted by Gasteiger charge is -2.13. The second-order valence-corrected chi connectivity index (χ2v) is 7.01. The van der Waals surface area contributed by atoms with Gasteiger partial charge < -0.3 is 0 Å². The van der Waals surface area contributed by atoms with Gasteiger partial charge in [-0.05, 0) is 30.5 Å². The van der Waals surface area contributed by atoms with E-state index in [0.717, 1.165) is 5.56 Å². The normalized spacial score (nSPS) is 12.8. The number of sulfonamides is 1. The molecule has 0 amide bonds. The van der Waals surface area contributed by atoms with E-state index >= 15 is 0 Å². The van der Waals surface area contributed by atoms with Crippen molar-refractivity contribution >= 4 is 15.8 Å². The van der Waals surface area contributed by atoms with Crippen LogP contribution in [0.3, 0.4) is 0 Å². The summed E-state index contributed by atoms with van der Waals surface area (Å²) >= 11 is 0. The van der Waals surface area contributed by atoms with Gasteiger partial charge in [0.1, 0.15) is 0 Å². The van der Waals surface area contributed by atoms with Gasteiger partial charge in [-0.3, -0.25) is 4.79 Å². The quantitative estimate of drug-likeness (QED) is 0.833. The lowest BCUT2D eigenvalue weighted by atomic mass is 10.0. The second-order valence-electron chi connectivity index (χ2n) is 5.24. The summed E-state index contributed by atoms with van der Waals surface area (Å²) in [5, 5.41) is 0. The van der Waals surface area contributed by atoms with Crippen LogP contribution in [0.5, 0.6) is 0 Å². The van der Waals surface area contributed by atoms with Gasteiger partial charge in [0.15, 0.2) is 5.78 Å². The van der Waals surface area contributed by atoms with E-state index in [0.29, 0.717) is 12.1 Å². The summed E-state index contributed by atoms with van der Waals surface area (Å²) in [6.45, 7) is 3.74. The van der Waals surface area contributed by atoms with Crippen LogP contribution in [0.4, 0.5) is 0 Å². The highest BCUT2D eigenvalue weighted by Crippen LogP contribution is 2.15. The summed E-state index contributed by atoms with van der Waals surface area (Å²) in [5.41, 5.74) is 1.58. The molecule has 22 heavy (non-hydrogen) atoms. The minimum absolute atomic E-state index is 0.0764. The lowest BCUT2D eigenvalue weighted by molar-refractivity contribution is 0.101. The van der Waals surface area contributed by atoms with Crippen LogP contribution in [0.1, 0.15) is 35.7 Å². The fraction of sp³-hybridized carbons (Fsp3) is 0.235. The van der Waals surface area contributed by atoms with E-state index in [-0.39, 0.29) is 16.6 Å². The highest BCUT2D eigenvalue weighted by Gasteiger charge is 2.16. The number of carbonyl (C=O) groups is 1. The van der Waals surface area contributed by atoms with Crippen molar-refractivity contribution in [2.75, 3.05) is 6.54 Å². The Bertz CT molecular complexity index is 737. The zero-order chi connectivity index (χ0) is 16.2. The molecule has 2 aromatic rings. The molecule has 2 aromatic carbocycles. The molecule has 0 unspecified atom stereocenters. The van der Waals surface area contributed by atoms with Crippen molar-refractivity contribution in [2.24, 2.45) is 0 Å². The molecule has 2 rings (SSSR count). The molecular weight excluding hydrogens is 298 g/mol. The highest BCUT2D eigenvalue weighted by molar-refractivity contribution is 7.89. The van der Waals surface area contributed by atoms with Crippen LogP contribution in [0.2, 0.25) is 0 Å². The molecule has 0 aliphatic carbocycles. The molecule has 0 aromatic heterocycles. The number of benzene rings is 2. The van der Waals surface area contributed by atoms with Crippen LogP contribution in [0.15, 0.2) is 59.5 Å². The first-order chi connectivity index (χ1) is 10.4. The van der Waals surface area contributed by atoms with E-state index in [1.165, 1.54) is 31.2 Å². The molecule has 1 N–H and O–H groups in total. The van der Waals surface area contributed by atoms with Crippen molar-refractivity contribution in [3.05, 3.63) is 65.7 Å². The van der Waals surface area contributed by atoms with Crippen molar-refractivity contribution in [3.8, 4) is 0 Å². The van der Waals surface area contributed by atoms with Crippen molar-refractivity contribution in [3.63, 3.8) is 0 Å². The number of nitrogens with one attached hydrogen (secondary N) is 1. The number of Topliss-reactive ketones (excluding diaryl/α,β-unsaturated/α-hetero) is 1. The lowest BCUT2D eigenvalue weighted by Crippen LogP contribution is -2.27. The van der Waals surface area contributed by atoms with E-state index in [1.54, 1.807) is 0 Å². The van der Waals surface area contributed by atoms with Crippen LogP contribution >= 0.6 is 0 Å². The fourth-order valence-electron chi connectivity index (χ4n) is 2.09. The maximum atomic E-state index is 12.3. The monoisotopic (exact) mass is 317 g/mol. The second kappa shape index (κ2) is 6.85. The van der Waals surface area contributed by atoms with Crippen molar-refractivity contribution in [1.82, 2.24) is 4.72 Å². The molecule has 116 valence electrons. The van der Waals surface area contributed by atoms with Crippen molar-refractivity contribution in [1.29, 1.82) is 0 Å². The van der Waals surface area contributed by atoms with Gasteiger partial charge in [-0.25, -0.2) is 13.1 Å². The summed E-state index contributed by atoms with van der Waals surface area (Å²) in [4.78, 5) is 11.4. The predicted molar refractivity (Wildman–Crippen MR) is 86.5 cm³/mol. The van der Waals surface area contributed by atoms with Gasteiger partial charge in [-0.2, -0.15) is 0 Å². The number of carbonyl (C=O) groups excluding carboxylic acids is 1. The molecule has 0 aliphatic rings. The number of ketones is 1. The SMILES string of the molecule is CC(=O)c1ccc(S(=O)(=O)NC[C@@H](C)c2ccccc2)cc1. The van der Waals surface area contributed by atoms with E-state index in [1.807, 2.05) is 37.3 Å². The molecule has 0 heterocycles. The van der Waals surface area contributed by atoms with Crippen molar-refractivity contribution < 1.29 is 13.2 Å². The Kier molecular flexibility index (Phi) is 5.11. The summed E-state index contributed by atoms with van der Waals surface area (Å²) in [6.07, 6.45) is 0. The molecule has 4 nitrogen and oxygen atoms in total. The van der Waals surface area contributed by atoms with E-state index < -0.39 is 10.0 Å². The smallest absolute Gasteiger partial charge is 0.240 e. The fourth-order valence-corrected chi connectivity index (χ4v) is 3.22. The molecule has 5 heteroatoms. The third-order valence-electron chi connectivity index (χ3n) is 3.52. The van der Waals surface area contributed by atoms with E-state index in [9.17, 15) is 13.2 Å². The average Bonchev–Trinajstić information content (AvgIpc) is 2.53. The molecule has 0 radical (unpaired) electrons. The zero-order valence-corrected chi connectivity index (χ0v) is 13.4. The molecule has 1 atom stereocenters. The largest absolute Gasteiger partial charge is 0.295 e. The molecule has 0 bridgehead atoms. The standard InChI is InChI=1S/C17H19NO3S/c1-13(15-6-4-3-5-7-15)12-18-22(20,21)17-10-8-16(9-11-17)14(2)19/h3-11,13,18H,12H2,1-2H3/t13-/m1/s1. The third kappa shape index (κ3) is 4.02. The number of hydrogen-bond acceptors (Lipinski definition) is 3. The average molecular weight is 317 g/mol. The number of hydrogen-bond donors (Lipinski definition) is 1.